The third kappa shape index (κ3) is 2.76. The van der Waals surface area contributed by atoms with Crippen LogP contribution in [-0.2, 0) is 6.42 Å². The highest BCUT2D eigenvalue weighted by Crippen LogP contribution is 2.40. The second-order valence-electron chi connectivity index (χ2n) is 4.82. The van der Waals surface area contributed by atoms with Crippen LogP contribution in [0.5, 0.6) is 5.75 Å². The first-order valence-corrected chi connectivity index (χ1v) is 8.59. The molecule has 1 aliphatic heterocycles. The van der Waals surface area contributed by atoms with E-state index in [0.29, 0.717) is 0 Å². The van der Waals surface area contributed by atoms with Crippen molar-refractivity contribution in [3.63, 3.8) is 0 Å². The first-order chi connectivity index (χ1) is 9.66. The zero-order valence-corrected chi connectivity index (χ0v) is 14.6. The van der Waals surface area contributed by atoms with E-state index in [1.54, 1.807) is 0 Å². The molecule has 0 saturated carbocycles. The molecule has 0 aliphatic carbocycles. The highest BCUT2D eigenvalue weighted by Gasteiger charge is 2.18. The molecular formula is C16H13Br2ClO. The number of hydrogen-bond acceptors (Lipinski definition) is 1. The molecule has 1 aliphatic rings. The Morgan fingerprint density at radius 1 is 1.20 bits per heavy atom. The second kappa shape index (κ2) is 6.08. The second-order valence-corrected chi connectivity index (χ2v) is 6.97. The maximum atomic E-state index is 6.38. The lowest BCUT2D eigenvalue weighted by Gasteiger charge is -2.20. The molecule has 1 nitrogen and oxygen atoms in total. The van der Waals surface area contributed by atoms with E-state index in [0.717, 1.165) is 40.3 Å². The van der Waals surface area contributed by atoms with E-state index < -0.39 is 0 Å². The number of halogens is 3. The average Bonchev–Trinajstić information content (AvgIpc) is 2.49. The van der Waals surface area contributed by atoms with Gasteiger partial charge in [0.15, 0.2) is 0 Å². The number of rotatable bonds is 2. The van der Waals surface area contributed by atoms with E-state index in [4.69, 9.17) is 16.3 Å². The van der Waals surface area contributed by atoms with E-state index in [-0.39, 0.29) is 4.83 Å². The van der Waals surface area contributed by atoms with Gasteiger partial charge in [0, 0.05) is 4.47 Å². The molecule has 0 amide bonds. The molecule has 3 rings (SSSR count). The van der Waals surface area contributed by atoms with Crippen molar-refractivity contribution < 1.29 is 4.74 Å². The Bertz CT molecular complexity index is 642. The van der Waals surface area contributed by atoms with Crippen LogP contribution in [0.1, 0.15) is 27.9 Å². The van der Waals surface area contributed by atoms with Gasteiger partial charge in [-0.25, -0.2) is 0 Å². The molecule has 1 atom stereocenters. The van der Waals surface area contributed by atoms with E-state index in [2.05, 4.69) is 50.1 Å². The molecule has 4 heteroatoms. The zero-order valence-electron chi connectivity index (χ0n) is 10.7. The summed E-state index contributed by atoms with van der Waals surface area (Å²) < 4.78 is 6.58. The summed E-state index contributed by atoms with van der Waals surface area (Å²) in [7, 11) is 0. The Hall–Kier alpha value is -0.510. The minimum Gasteiger partial charge on any atom is -0.493 e. The summed E-state index contributed by atoms with van der Waals surface area (Å²) in [4.78, 5) is 0.0831. The van der Waals surface area contributed by atoms with Gasteiger partial charge in [-0.05, 0) is 57.6 Å². The SMILES string of the molecule is Clc1c(Br)cccc1C(Br)c1ccc2c(c1)CCCO2. The van der Waals surface area contributed by atoms with Crippen LogP contribution in [0.2, 0.25) is 5.02 Å². The number of ether oxygens (including phenoxy) is 1. The van der Waals surface area contributed by atoms with E-state index in [1.807, 2.05) is 18.2 Å². The van der Waals surface area contributed by atoms with Crippen LogP contribution in [-0.4, -0.2) is 6.61 Å². The number of fused-ring (bicyclic) bond motifs is 1. The van der Waals surface area contributed by atoms with Crippen molar-refractivity contribution in [3.8, 4) is 5.75 Å². The number of benzene rings is 2. The predicted octanol–water partition coefficient (Wildman–Crippen LogP) is 5.91. The maximum absolute atomic E-state index is 6.38. The molecule has 0 N–H and O–H groups in total. The molecule has 2 aromatic rings. The van der Waals surface area contributed by atoms with E-state index in [1.165, 1.54) is 11.1 Å². The molecule has 1 unspecified atom stereocenters. The van der Waals surface area contributed by atoms with Crippen molar-refractivity contribution in [1.82, 2.24) is 0 Å². The Morgan fingerprint density at radius 3 is 2.90 bits per heavy atom. The fraction of sp³-hybridized carbons (Fsp3) is 0.250. The molecule has 0 spiro atoms. The van der Waals surface area contributed by atoms with Gasteiger partial charge in [-0.1, -0.05) is 51.8 Å². The minimum atomic E-state index is 0.0831. The van der Waals surface area contributed by atoms with Crippen molar-refractivity contribution in [3.05, 3.63) is 62.6 Å². The highest BCUT2D eigenvalue weighted by molar-refractivity contribution is 9.10. The van der Waals surface area contributed by atoms with Gasteiger partial charge in [0.2, 0.25) is 0 Å². The zero-order chi connectivity index (χ0) is 14.1. The van der Waals surface area contributed by atoms with Crippen LogP contribution >= 0.6 is 43.5 Å². The van der Waals surface area contributed by atoms with Crippen LogP contribution in [0.4, 0.5) is 0 Å². The van der Waals surface area contributed by atoms with Gasteiger partial charge in [0.1, 0.15) is 5.75 Å². The Morgan fingerprint density at radius 2 is 2.05 bits per heavy atom. The summed E-state index contributed by atoms with van der Waals surface area (Å²) in [5.41, 5.74) is 3.55. The minimum absolute atomic E-state index is 0.0831. The van der Waals surface area contributed by atoms with Crippen LogP contribution in [0, 0.1) is 0 Å². The van der Waals surface area contributed by atoms with Crippen LogP contribution < -0.4 is 4.74 Å². The quantitative estimate of drug-likeness (QED) is 0.553. The molecule has 2 aromatic carbocycles. The number of alkyl halides is 1. The lowest BCUT2D eigenvalue weighted by Crippen LogP contribution is -2.09. The molecular weight excluding hydrogens is 403 g/mol. The van der Waals surface area contributed by atoms with Crippen molar-refractivity contribution in [2.24, 2.45) is 0 Å². The summed E-state index contributed by atoms with van der Waals surface area (Å²) in [6.07, 6.45) is 2.16. The maximum Gasteiger partial charge on any atom is 0.122 e. The lowest BCUT2D eigenvalue weighted by molar-refractivity contribution is 0.288. The largest absolute Gasteiger partial charge is 0.493 e. The normalized spacial score (nSPS) is 15.3. The summed E-state index contributed by atoms with van der Waals surface area (Å²) in [6, 6.07) is 12.4. The predicted molar refractivity (Wildman–Crippen MR) is 90.2 cm³/mol. The van der Waals surface area contributed by atoms with Crippen molar-refractivity contribution in [2.75, 3.05) is 6.61 Å². The number of aryl methyl sites for hydroxylation is 1. The lowest BCUT2D eigenvalue weighted by atomic mass is 9.99. The molecule has 0 radical (unpaired) electrons. The molecule has 1 heterocycles. The van der Waals surface area contributed by atoms with Crippen molar-refractivity contribution in [2.45, 2.75) is 17.7 Å². The van der Waals surface area contributed by atoms with Crippen molar-refractivity contribution in [1.29, 1.82) is 0 Å². The fourth-order valence-electron chi connectivity index (χ4n) is 2.43. The molecule has 104 valence electrons. The van der Waals surface area contributed by atoms with E-state index in [9.17, 15) is 0 Å². The van der Waals surface area contributed by atoms with Gasteiger partial charge >= 0.3 is 0 Å². The smallest absolute Gasteiger partial charge is 0.122 e. The van der Waals surface area contributed by atoms with Crippen molar-refractivity contribution >= 4 is 43.5 Å². The molecule has 20 heavy (non-hydrogen) atoms. The Labute approximate surface area is 140 Å². The van der Waals surface area contributed by atoms with Crippen LogP contribution in [0.15, 0.2) is 40.9 Å². The van der Waals surface area contributed by atoms with Crippen LogP contribution in [0.25, 0.3) is 0 Å². The Balaban J connectivity index is 1.98. The fourth-order valence-corrected chi connectivity index (χ4v) is 3.85. The number of hydrogen-bond donors (Lipinski definition) is 0. The van der Waals surface area contributed by atoms with Gasteiger partial charge < -0.3 is 4.74 Å². The first-order valence-electron chi connectivity index (χ1n) is 6.50. The van der Waals surface area contributed by atoms with Gasteiger partial charge in [-0.15, -0.1) is 0 Å². The monoisotopic (exact) mass is 414 g/mol. The summed E-state index contributed by atoms with van der Waals surface area (Å²) in [5.74, 6) is 1.01. The molecule has 0 fully saturated rings. The third-order valence-electron chi connectivity index (χ3n) is 3.48. The highest BCUT2D eigenvalue weighted by atomic mass is 79.9. The summed E-state index contributed by atoms with van der Waals surface area (Å²) >= 11 is 13.6. The molecule has 0 bridgehead atoms. The standard InChI is InChI=1S/C16H13Br2ClO/c17-13-5-1-4-12(16(13)19)15(18)11-6-7-14-10(9-11)3-2-8-20-14/h1,4-7,9,15H,2-3,8H2. The summed E-state index contributed by atoms with van der Waals surface area (Å²) in [6.45, 7) is 0.821. The van der Waals surface area contributed by atoms with Gasteiger partial charge in [0.25, 0.3) is 0 Å². The Kier molecular flexibility index (Phi) is 4.39. The van der Waals surface area contributed by atoms with Gasteiger partial charge in [-0.3, -0.25) is 0 Å². The topological polar surface area (TPSA) is 9.23 Å². The summed E-state index contributed by atoms with van der Waals surface area (Å²) in [5, 5.41) is 0.753. The van der Waals surface area contributed by atoms with Gasteiger partial charge in [0.05, 0.1) is 16.5 Å². The molecule has 0 saturated heterocycles. The molecule has 0 aromatic heterocycles. The third-order valence-corrected chi connectivity index (χ3v) is 5.81. The van der Waals surface area contributed by atoms with E-state index >= 15 is 0 Å². The van der Waals surface area contributed by atoms with Crippen LogP contribution in [0.3, 0.4) is 0 Å². The average molecular weight is 417 g/mol. The first kappa shape index (κ1) is 14.4. The van der Waals surface area contributed by atoms with Gasteiger partial charge in [-0.2, -0.15) is 0 Å².